The van der Waals surface area contributed by atoms with Gasteiger partial charge < -0.3 is 14.4 Å². The second-order valence-corrected chi connectivity index (χ2v) is 5.56. The Kier molecular flexibility index (Phi) is 4.99. The van der Waals surface area contributed by atoms with Crippen LogP contribution < -0.4 is 4.74 Å². The zero-order chi connectivity index (χ0) is 14.5. The number of halogens is 1. The van der Waals surface area contributed by atoms with Gasteiger partial charge in [0, 0.05) is 10.1 Å². The van der Waals surface area contributed by atoms with Crippen molar-refractivity contribution in [2.24, 2.45) is 0 Å². The molecule has 0 aliphatic carbocycles. The van der Waals surface area contributed by atoms with Crippen LogP contribution in [0.4, 0.5) is 0 Å². The number of imidazole rings is 1. The molecular weight excluding hydrogens is 371 g/mol. The van der Waals surface area contributed by atoms with Crippen molar-refractivity contribution >= 4 is 28.6 Å². The van der Waals surface area contributed by atoms with Crippen LogP contribution in [0.5, 0.6) is 5.75 Å². The summed E-state index contributed by atoms with van der Waals surface area (Å²) >= 11 is 2.08. The molecule has 1 aromatic carbocycles. The van der Waals surface area contributed by atoms with Crippen molar-refractivity contribution in [3.63, 3.8) is 0 Å². The summed E-state index contributed by atoms with van der Waals surface area (Å²) in [5.41, 5.74) is 1.11. The minimum Gasteiger partial charge on any atom is -0.486 e. The number of aryl methyl sites for hydroxylation is 1. The molecule has 20 heavy (non-hydrogen) atoms. The van der Waals surface area contributed by atoms with E-state index in [1.54, 1.807) is 24.7 Å². The average Bonchev–Trinajstić information content (AvgIpc) is 2.85. The minimum atomic E-state index is -0.986. The van der Waals surface area contributed by atoms with Crippen LogP contribution in [-0.2, 0) is 13.2 Å². The fourth-order valence-electron chi connectivity index (χ4n) is 1.86. The van der Waals surface area contributed by atoms with Crippen LogP contribution in [0.25, 0.3) is 0 Å². The predicted octanol–water partition coefficient (Wildman–Crippen LogP) is 3.17. The van der Waals surface area contributed by atoms with Crippen molar-refractivity contribution in [2.75, 3.05) is 0 Å². The molecule has 0 atom stereocenters. The van der Waals surface area contributed by atoms with Crippen molar-refractivity contribution < 1.29 is 14.6 Å². The highest BCUT2D eigenvalue weighted by Crippen LogP contribution is 2.22. The maximum atomic E-state index is 11.2. The summed E-state index contributed by atoms with van der Waals surface area (Å²) in [5, 5.41) is 9.19. The maximum Gasteiger partial charge on any atom is 0.339 e. The van der Waals surface area contributed by atoms with Gasteiger partial charge in [-0.1, -0.05) is 6.92 Å². The van der Waals surface area contributed by atoms with E-state index in [0.29, 0.717) is 12.4 Å². The summed E-state index contributed by atoms with van der Waals surface area (Å²) in [6, 6.07) is 5.11. The summed E-state index contributed by atoms with van der Waals surface area (Å²) < 4.78 is 8.51. The van der Waals surface area contributed by atoms with E-state index in [0.717, 1.165) is 22.2 Å². The van der Waals surface area contributed by atoms with Crippen molar-refractivity contribution in [3.05, 3.63) is 45.6 Å². The first-order chi connectivity index (χ1) is 9.61. The molecule has 0 bridgehead atoms. The van der Waals surface area contributed by atoms with Crippen LogP contribution >= 0.6 is 22.6 Å². The lowest BCUT2D eigenvalue weighted by molar-refractivity contribution is 0.0691. The average molecular weight is 386 g/mol. The van der Waals surface area contributed by atoms with E-state index in [4.69, 9.17) is 4.74 Å². The number of nitrogens with zero attached hydrogens (tertiary/aromatic N) is 2. The Labute approximate surface area is 130 Å². The number of carboxylic acid groups (broad SMARTS) is 1. The molecule has 1 heterocycles. The quantitative estimate of drug-likeness (QED) is 0.775. The highest BCUT2D eigenvalue weighted by atomic mass is 127. The minimum absolute atomic E-state index is 0.179. The topological polar surface area (TPSA) is 64.4 Å². The van der Waals surface area contributed by atoms with Crippen molar-refractivity contribution in [1.29, 1.82) is 0 Å². The van der Waals surface area contributed by atoms with Gasteiger partial charge in [-0.15, -0.1) is 0 Å². The summed E-state index contributed by atoms with van der Waals surface area (Å²) in [6.45, 7) is 3.27. The number of aromatic carboxylic acids is 1. The number of carboxylic acids is 1. The smallest absolute Gasteiger partial charge is 0.339 e. The zero-order valence-electron chi connectivity index (χ0n) is 11.0. The first kappa shape index (κ1) is 14.8. The van der Waals surface area contributed by atoms with E-state index in [1.807, 2.05) is 10.6 Å². The Balaban J connectivity index is 2.14. The Morgan fingerprint density at radius 1 is 1.50 bits per heavy atom. The van der Waals surface area contributed by atoms with Crippen molar-refractivity contribution in [1.82, 2.24) is 9.55 Å². The maximum absolute atomic E-state index is 11.2. The van der Waals surface area contributed by atoms with Crippen molar-refractivity contribution in [2.45, 2.75) is 26.5 Å². The largest absolute Gasteiger partial charge is 0.486 e. The lowest BCUT2D eigenvalue weighted by Crippen LogP contribution is -2.07. The number of ether oxygens (including phenoxy) is 1. The number of carbonyl (C=O) groups is 1. The predicted molar refractivity (Wildman–Crippen MR) is 83.0 cm³/mol. The van der Waals surface area contributed by atoms with Crippen LogP contribution in [0.1, 0.15) is 29.4 Å². The second-order valence-electron chi connectivity index (χ2n) is 4.31. The van der Waals surface area contributed by atoms with Gasteiger partial charge >= 0.3 is 5.97 Å². The fourth-order valence-corrected chi connectivity index (χ4v) is 2.35. The normalized spacial score (nSPS) is 10.5. The molecule has 0 saturated heterocycles. The Hall–Kier alpha value is -1.57. The van der Waals surface area contributed by atoms with Gasteiger partial charge in [0.25, 0.3) is 0 Å². The standard InChI is InChI=1S/C14H15IN2O3/c1-2-5-17-9-16-7-11(17)8-20-13-4-3-10(15)6-12(13)14(18)19/h3-4,6-7,9H,2,5,8H2,1H3,(H,18,19). The summed E-state index contributed by atoms with van der Waals surface area (Å²) in [5.74, 6) is -0.609. The molecule has 6 heteroatoms. The fraction of sp³-hybridized carbons (Fsp3) is 0.286. The number of aromatic nitrogens is 2. The van der Waals surface area contributed by atoms with Crippen LogP contribution in [0.15, 0.2) is 30.7 Å². The SMILES string of the molecule is CCCn1cncc1COc1ccc(I)cc1C(=O)O. The first-order valence-electron chi connectivity index (χ1n) is 6.26. The van der Waals surface area contributed by atoms with Crippen LogP contribution in [-0.4, -0.2) is 20.6 Å². The molecule has 0 aliphatic rings. The molecule has 0 radical (unpaired) electrons. The summed E-state index contributed by atoms with van der Waals surface area (Å²) in [7, 11) is 0. The number of hydrogen-bond donors (Lipinski definition) is 1. The Bertz CT molecular complexity index is 610. The third-order valence-corrected chi connectivity index (χ3v) is 3.48. The molecule has 5 nitrogen and oxygen atoms in total. The molecule has 2 aromatic rings. The van der Waals surface area contributed by atoms with E-state index in [-0.39, 0.29) is 5.56 Å². The monoisotopic (exact) mass is 386 g/mol. The molecule has 0 saturated carbocycles. The second kappa shape index (κ2) is 6.74. The van der Waals surface area contributed by atoms with E-state index in [2.05, 4.69) is 34.5 Å². The van der Waals surface area contributed by atoms with Crippen LogP contribution in [0.2, 0.25) is 0 Å². The van der Waals surface area contributed by atoms with Crippen molar-refractivity contribution in [3.8, 4) is 5.75 Å². The third-order valence-electron chi connectivity index (χ3n) is 2.81. The van der Waals surface area contributed by atoms with Gasteiger partial charge in [-0.2, -0.15) is 0 Å². The Morgan fingerprint density at radius 2 is 2.30 bits per heavy atom. The van der Waals surface area contributed by atoms with E-state index < -0.39 is 5.97 Å². The number of rotatable bonds is 6. The molecule has 2 rings (SSSR count). The van der Waals surface area contributed by atoms with Gasteiger partial charge in [-0.25, -0.2) is 9.78 Å². The van der Waals surface area contributed by atoms with Gasteiger partial charge in [0.2, 0.25) is 0 Å². The molecule has 0 fully saturated rings. The lowest BCUT2D eigenvalue weighted by atomic mass is 10.2. The number of benzene rings is 1. The third kappa shape index (κ3) is 3.50. The molecule has 0 aliphatic heterocycles. The van der Waals surface area contributed by atoms with Gasteiger partial charge in [0.05, 0.1) is 18.2 Å². The van der Waals surface area contributed by atoms with Gasteiger partial charge in [0.15, 0.2) is 0 Å². The summed E-state index contributed by atoms with van der Waals surface area (Å²) in [6.07, 6.45) is 4.50. The molecule has 0 unspecified atom stereocenters. The Morgan fingerprint density at radius 3 is 3.00 bits per heavy atom. The van der Waals surface area contributed by atoms with E-state index in [1.165, 1.54) is 0 Å². The number of hydrogen-bond acceptors (Lipinski definition) is 3. The van der Waals surface area contributed by atoms with Gasteiger partial charge in [-0.05, 0) is 47.2 Å². The molecule has 0 amide bonds. The highest BCUT2D eigenvalue weighted by molar-refractivity contribution is 14.1. The van der Waals surface area contributed by atoms with Gasteiger partial charge in [-0.3, -0.25) is 0 Å². The molecular formula is C14H15IN2O3. The zero-order valence-corrected chi connectivity index (χ0v) is 13.2. The summed E-state index contributed by atoms with van der Waals surface area (Å²) in [4.78, 5) is 15.3. The van der Waals surface area contributed by atoms with E-state index >= 15 is 0 Å². The molecule has 1 aromatic heterocycles. The first-order valence-corrected chi connectivity index (χ1v) is 7.34. The highest BCUT2D eigenvalue weighted by Gasteiger charge is 2.12. The molecule has 1 N–H and O–H groups in total. The van der Waals surface area contributed by atoms with Gasteiger partial charge in [0.1, 0.15) is 17.9 Å². The molecule has 106 valence electrons. The lowest BCUT2D eigenvalue weighted by Gasteiger charge is -2.11. The molecule has 0 spiro atoms. The van der Waals surface area contributed by atoms with Crippen LogP contribution in [0.3, 0.4) is 0 Å². The van der Waals surface area contributed by atoms with E-state index in [9.17, 15) is 9.90 Å². The van der Waals surface area contributed by atoms with Crippen LogP contribution in [0, 0.1) is 3.57 Å².